The standard InChI is InChI=1S/C20H30N4O3/c1-22(11-12-27-2)14-17(25)15-23-7-9-24(10-8-23)20(26)19-13-16-5-3-4-6-18(16)21-19/h3-6,13,17,21,25H,7-12,14-15H2,1-2H3. The third-order valence-electron chi connectivity index (χ3n) is 5.09. The van der Waals surface area contributed by atoms with Gasteiger partial charge in [0.2, 0.25) is 0 Å². The number of piperazine rings is 1. The van der Waals surface area contributed by atoms with E-state index in [9.17, 15) is 9.90 Å². The summed E-state index contributed by atoms with van der Waals surface area (Å²) < 4.78 is 5.06. The van der Waals surface area contributed by atoms with Crippen LogP contribution in [-0.4, -0.2) is 103 Å². The molecule has 1 aliphatic rings. The van der Waals surface area contributed by atoms with Crippen molar-refractivity contribution in [2.75, 3.05) is 66.6 Å². The zero-order valence-electron chi connectivity index (χ0n) is 16.2. The maximum absolute atomic E-state index is 12.8. The number of aliphatic hydroxyl groups is 1. The highest BCUT2D eigenvalue weighted by Gasteiger charge is 2.24. The summed E-state index contributed by atoms with van der Waals surface area (Å²) in [6, 6.07) is 9.84. The number of aromatic amines is 1. The predicted molar refractivity (Wildman–Crippen MR) is 106 cm³/mol. The summed E-state index contributed by atoms with van der Waals surface area (Å²) in [7, 11) is 3.67. The van der Waals surface area contributed by atoms with Crippen molar-refractivity contribution in [2.24, 2.45) is 0 Å². The van der Waals surface area contributed by atoms with E-state index in [2.05, 4.69) is 14.8 Å². The zero-order valence-corrected chi connectivity index (χ0v) is 16.2. The van der Waals surface area contributed by atoms with Gasteiger partial charge in [0.15, 0.2) is 0 Å². The minimum Gasteiger partial charge on any atom is -0.390 e. The van der Waals surface area contributed by atoms with E-state index in [1.54, 1.807) is 7.11 Å². The first kappa shape index (κ1) is 19.8. The number of nitrogens with zero attached hydrogens (tertiary/aromatic N) is 3. The van der Waals surface area contributed by atoms with Gasteiger partial charge in [-0.1, -0.05) is 18.2 Å². The second kappa shape index (κ2) is 9.32. The number of β-amino-alcohol motifs (C(OH)–C–C–N with tert-alkyl or cyclic N) is 1. The van der Waals surface area contributed by atoms with Crippen LogP contribution >= 0.6 is 0 Å². The van der Waals surface area contributed by atoms with Crippen LogP contribution in [0.4, 0.5) is 0 Å². The number of benzene rings is 1. The minimum absolute atomic E-state index is 0.0469. The Hall–Kier alpha value is -1.93. The summed E-state index contributed by atoms with van der Waals surface area (Å²) in [6.07, 6.45) is -0.400. The fourth-order valence-corrected chi connectivity index (χ4v) is 3.55. The number of para-hydroxylation sites is 1. The van der Waals surface area contributed by atoms with E-state index in [-0.39, 0.29) is 5.91 Å². The van der Waals surface area contributed by atoms with Gasteiger partial charge in [0, 0.05) is 63.8 Å². The van der Waals surface area contributed by atoms with Crippen LogP contribution in [0, 0.1) is 0 Å². The van der Waals surface area contributed by atoms with E-state index >= 15 is 0 Å². The van der Waals surface area contributed by atoms with E-state index < -0.39 is 6.10 Å². The van der Waals surface area contributed by atoms with Crippen molar-refractivity contribution < 1.29 is 14.6 Å². The van der Waals surface area contributed by atoms with E-state index in [0.29, 0.717) is 38.5 Å². The van der Waals surface area contributed by atoms with Crippen molar-refractivity contribution in [3.05, 3.63) is 36.0 Å². The Balaban J connectivity index is 1.46. The Morgan fingerprint density at radius 3 is 2.74 bits per heavy atom. The first-order valence-electron chi connectivity index (χ1n) is 9.51. The number of likely N-dealkylation sites (N-methyl/N-ethyl adjacent to an activating group) is 1. The van der Waals surface area contributed by atoms with Crippen LogP contribution in [0.5, 0.6) is 0 Å². The molecular weight excluding hydrogens is 344 g/mol. The molecule has 7 heteroatoms. The van der Waals surface area contributed by atoms with Crippen molar-refractivity contribution in [3.63, 3.8) is 0 Å². The fourth-order valence-electron chi connectivity index (χ4n) is 3.55. The van der Waals surface area contributed by atoms with E-state index in [4.69, 9.17) is 4.74 Å². The number of H-pyrrole nitrogens is 1. The normalized spacial score (nSPS) is 17.0. The smallest absolute Gasteiger partial charge is 0.270 e. The molecule has 1 unspecified atom stereocenters. The first-order chi connectivity index (χ1) is 13.1. The first-order valence-corrected chi connectivity index (χ1v) is 9.51. The molecule has 1 atom stereocenters. The van der Waals surface area contributed by atoms with Crippen molar-refractivity contribution in [3.8, 4) is 0 Å². The molecule has 148 valence electrons. The molecule has 1 saturated heterocycles. The molecule has 2 aromatic rings. The molecule has 1 fully saturated rings. The number of hydrogen-bond acceptors (Lipinski definition) is 5. The number of methoxy groups -OCH3 is 1. The maximum Gasteiger partial charge on any atom is 0.270 e. The molecule has 1 amide bonds. The topological polar surface area (TPSA) is 72.0 Å². The Morgan fingerprint density at radius 2 is 2.04 bits per heavy atom. The van der Waals surface area contributed by atoms with E-state index in [1.807, 2.05) is 42.3 Å². The molecule has 0 spiro atoms. The SMILES string of the molecule is COCCN(C)CC(O)CN1CCN(C(=O)c2cc3ccccc3[nH]2)CC1. The molecular formula is C20H30N4O3. The van der Waals surface area contributed by atoms with Crippen LogP contribution in [0.3, 0.4) is 0 Å². The van der Waals surface area contributed by atoms with Gasteiger partial charge in [0.25, 0.3) is 5.91 Å². The van der Waals surface area contributed by atoms with Crippen LogP contribution in [0.25, 0.3) is 10.9 Å². The minimum atomic E-state index is -0.400. The van der Waals surface area contributed by atoms with Crippen molar-refractivity contribution in [1.29, 1.82) is 0 Å². The van der Waals surface area contributed by atoms with Gasteiger partial charge in [-0.25, -0.2) is 0 Å². The molecule has 1 aromatic carbocycles. The Bertz CT molecular complexity index is 707. The lowest BCUT2D eigenvalue weighted by atomic mass is 10.2. The fraction of sp³-hybridized carbons (Fsp3) is 0.550. The number of rotatable bonds is 8. The highest BCUT2D eigenvalue weighted by Crippen LogP contribution is 2.17. The molecule has 27 heavy (non-hydrogen) atoms. The maximum atomic E-state index is 12.8. The largest absolute Gasteiger partial charge is 0.390 e. The number of aliphatic hydroxyl groups excluding tert-OH is 1. The summed E-state index contributed by atoms with van der Waals surface area (Å²) in [4.78, 5) is 22.2. The Morgan fingerprint density at radius 1 is 1.30 bits per heavy atom. The third-order valence-corrected chi connectivity index (χ3v) is 5.09. The van der Waals surface area contributed by atoms with Gasteiger partial charge in [0.1, 0.15) is 5.69 Å². The second-order valence-electron chi connectivity index (χ2n) is 7.27. The van der Waals surface area contributed by atoms with Crippen LogP contribution in [0.15, 0.2) is 30.3 Å². The van der Waals surface area contributed by atoms with Gasteiger partial charge >= 0.3 is 0 Å². The molecule has 0 saturated carbocycles. The third kappa shape index (κ3) is 5.29. The number of amides is 1. The van der Waals surface area contributed by atoms with Gasteiger partial charge in [0.05, 0.1) is 12.7 Å². The predicted octanol–water partition coefficient (Wildman–Crippen LogP) is 0.865. The number of ether oxygens (including phenoxy) is 1. The number of hydrogen-bond donors (Lipinski definition) is 2. The molecule has 2 N–H and O–H groups in total. The van der Waals surface area contributed by atoms with Crippen LogP contribution in [-0.2, 0) is 4.74 Å². The van der Waals surface area contributed by atoms with Crippen LogP contribution < -0.4 is 0 Å². The van der Waals surface area contributed by atoms with Gasteiger partial charge < -0.3 is 24.6 Å². The summed E-state index contributed by atoms with van der Waals surface area (Å²) >= 11 is 0. The number of carbonyl (C=O) groups excluding carboxylic acids is 1. The van der Waals surface area contributed by atoms with E-state index in [1.165, 1.54) is 0 Å². The van der Waals surface area contributed by atoms with Gasteiger partial charge in [-0.3, -0.25) is 9.69 Å². The molecule has 7 nitrogen and oxygen atoms in total. The summed E-state index contributed by atoms with van der Waals surface area (Å²) in [5.41, 5.74) is 1.63. The monoisotopic (exact) mass is 374 g/mol. The lowest BCUT2D eigenvalue weighted by molar-refractivity contribution is 0.0432. The summed E-state index contributed by atoms with van der Waals surface area (Å²) in [6.45, 7) is 5.65. The van der Waals surface area contributed by atoms with E-state index in [0.717, 1.165) is 30.5 Å². The number of aromatic nitrogens is 1. The molecule has 2 heterocycles. The molecule has 0 radical (unpaired) electrons. The number of carbonyl (C=O) groups is 1. The van der Waals surface area contributed by atoms with Gasteiger partial charge in [-0.2, -0.15) is 0 Å². The number of fused-ring (bicyclic) bond motifs is 1. The molecule has 3 rings (SSSR count). The average molecular weight is 374 g/mol. The highest BCUT2D eigenvalue weighted by molar-refractivity contribution is 5.98. The molecule has 0 aliphatic carbocycles. The quantitative estimate of drug-likeness (QED) is 0.717. The summed E-state index contributed by atoms with van der Waals surface area (Å²) in [5.74, 6) is 0.0469. The average Bonchev–Trinajstić information content (AvgIpc) is 3.10. The van der Waals surface area contributed by atoms with Crippen molar-refractivity contribution in [1.82, 2.24) is 19.7 Å². The van der Waals surface area contributed by atoms with Gasteiger partial charge in [-0.05, 0) is 19.2 Å². The molecule has 1 aliphatic heterocycles. The van der Waals surface area contributed by atoms with Gasteiger partial charge in [-0.15, -0.1) is 0 Å². The molecule has 0 bridgehead atoms. The Labute approximate surface area is 160 Å². The zero-order chi connectivity index (χ0) is 19.2. The summed E-state index contributed by atoms with van der Waals surface area (Å²) in [5, 5.41) is 11.4. The van der Waals surface area contributed by atoms with Crippen LogP contribution in [0.2, 0.25) is 0 Å². The Kier molecular flexibility index (Phi) is 6.84. The molecule has 1 aromatic heterocycles. The number of nitrogens with one attached hydrogen (secondary N) is 1. The van der Waals surface area contributed by atoms with Crippen LogP contribution in [0.1, 0.15) is 10.5 Å². The lowest BCUT2D eigenvalue weighted by Crippen LogP contribution is -2.51. The lowest BCUT2D eigenvalue weighted by Gasteiger charge is -2.36. The van der Waals surface area contributed by atoms with Crippen molar-refractivity contribution >= 4 is 16.8 Å². The van der Waals surface area contributed by atoms with Crippen molar-refractivity contribution in [2.45, 2.75) is 6.10 Å². The second-order valence-corrected chi connectivity index (χ2v) is 7.27. The highest BCUT2D eigenvalue weighted by atomic mass is 16.5.